The van der Waals surface area contributed by atoms with Crippen LogP contribution in [-0.2, 0) is 4.74 Å². The van der Waals surface area contributed by atoms with Gasteiger partial charge in [-0.15, -0.1) is 0 Å². The minimum atomic E-state index is -0.120. The normalized spacial score (nSPS) is 30.1. The Morgan fingerprint density at radius 2 is 2.21 bits per heavy atom. The number of hydrogen-bond donors (Lipinski definition) is 1. The number of rotatable bonds is 4. The molecule has 1 spiro atoms. The molecule has 0 aromatic carbocycles. The van der Waals surface area contributed by atoms with Gasteiger partial charge >= 0.3 is 0 Å². The fourth-order valence-corrected chi connectivity index (χ4v) is 5.52. The molecule has 3 aliphatic rings. The SMILES string of the molecule is O=C(NC[C@H]1[C@H]2CN(c3ccccn3)C[C@]23CC[C@H]1O3)c1cn2ccccc2n1. The third-order valence-corrected chi connectivity index (χ3v) is 6.85. The van der Waals surface area contributed by atoms with E-state index in [9.17, 15) is 4.79 Å². The molecule has 1 amide bonds. The van der Waals surface area contributed by atoms with Crippen molar-refractivity contribution in [3.63, 3.8) is 0 Å². The number of nitrogens with one attached hydrogen (secondary N) is 1. The van der Waals surface area contributed by atoms with Crippen molar-refractivity contribution >= 4 is 17.4 Å². The molecule has 0 radical (unpaired) electrons. The number of ether oxygens (including phenoxy) is 1. The average molecular weight is 389 g/mol. The Labute approximate surface area is 168 Å². The second-order valence-electron chi connectivity index (χ2n) is 8.40. The smallest absolute Gasteiger partial charge is 0.271 e. The van der Waals surface area contributed by atoms with Crippen molar-refractivity contribution in [2.24, 2.45) is 11.8 Å². The van der Waals surface area contributed by atoms with Crippen LogP contribution in [0.1, 0.15) is 23.3 Å². The molecule has 6 heterocycles. The first-order valence-electron chi connectivity index (χ1n) is 10.3. The fraction of sp³-hybridized carbons (Fsp3) is 0.409. The maximum Gasteiger partial charge on any atom is 0.271 e. The van der Waals surface area contributed by atoms with Crippen molar-refractivity contribution in [2.45, 2.75) is 24.5 Å². The molecule has 3 fully saturated rings. The molecule has 7 heteroatoms. The van der Waals surface area contributed by atoms with E-state index < -0.39 is 0 Å². The first-order chi connectivity index (χ1) is 14.2. The van der Waals surface area contributed by atoms with Crippen LogP contribution in [0.25, 0.3) is 5.65 Å². The topological polar surface area (TPSA) is 71.8 Å². The van der Waals surface area contributed by atoms with Gasteiger partial charge in [-0.1, -0.05) is 12.1 Å². The summed E-state index contributed by atoms with van der Waals surface area (Å²) in [6.07, 6.45) is 7.93. The number of carbonyl (C=O) groups is 1. The average Bonchev–Trinajstić information content (AvgIpc) is 3.51. The molecule has 7 nitrogen and oxygen atoms in total. The molecule has 3 aliphatic heterocycles. The van der Waals surface area contributed by atoms with Gasteiger partial charge in [0, 0.05) is 50.1 Å². The molecule has 3 aromatic rings. The predicted octanol–water partition coefficient (Wildman–Crippen LogP) is 2.14. The van der Waals surface area contributed by atoms with Gasteiger partial charge in [-0.2, -0.15) is 0 Å². The highest BCUT2D eigenvalue weighted by Gasteiger charge is 2.63. The Kier molecular flexibility index (Phi) is 3.68. The van der Waals surface area contributed by atoms with E-state index in [1.54, 1.807) is 6.20 Å². The summed E-state index contributed by atoms with van der Waals surface area (Å²) in [7, 11) is 0. The number of hydrogen-bond acceptors (Lipinski definition) is 5. The van der Waals surface area contributed by atoms with Crippen LogP contribution >= 0.6 is 0 Å². The number of imidazole rings is 1. The van der Waals surface area contributed by atoms with Crippen LogP contribution in [0.3, 0.4) is 0 Å². The number of fused-ring (bicyclic) bond motifs is 2. The van der Waals surface area contributed by atoms with E-state index in [4.69, 9.17) is 4.74 Å². The van der Waals surface area contributed by atoms with Gasteiger partial charge in [0.2, 0.25) is 0 Å². The molecule has 29 heavy (non-hydrogen) atoms. The highest BCUT2D eigenvalue weighted by atomic mass is 16.5. The maximum absolute atomic E-state index is 12.7. The molecule has 0 unspecified atom stereocenters. The summed E-state index contributed by atoms with van der Waals surface area (Å²) >= 11 is 0. The van der Waals surface area contributed by atoms with Gasteiger partial charge in [0.25, 0.3) is 5.91 Å². The Balaban J connectivity index is 1.17. The van der Waals surface area contributed by atoms with Crippen molar-refractivity contribution in [3.05, 3.63) is 60.7 Å². The van der Waals surface area contributed by atoms with E-state index >= 15 is 0 Å². The van der Waals surface area contributed by atoms with Crippen LogP contribution in [0.4, 0.5) is 5.82 Å². The highest BCUT2D eigenvalue weighted by molar-refractivity contribution is 5.92. The van der Waals surface area contributed by atoms with Gasteiger partial charge in [-0.25, -0.2) is 9.97 Å². The lowest BCUT2D eigenvalue weighted by molar-refractivity contribution is 0.0141. The number of nitrogens with zero attached hydrogens (tertiary/aromatic N) is 4. The fourth-order valence-electron chi connectivity index (χ4n) is 5.52. The number of carbonyl (C=O) groups excluding carboxylic acids is 1. The molecule has 0 aliphatic carbocycles. The summed E-state index contributed by atoms with van der Waals surface area (Å²) in [5, 5.41) is 3.12. The highest BCUT2D eigenvalue weighted by Crippen LogP contribution is 2.55. The Morgan fingerprint density at radius 1 is 1.28 bits per heavy atom. The zero-order valence-electron chi connectivity index (χ0n) is 16.1. The number of pyridine rings is 2. The van der Waals surface area contributed by atoms with Crippen molar-refractivity contribution in [1.29, 1.82) is 0 Å². The molecule has 0 saturated carbocycles. The second kappa shape index (κ2) is 6.29. The predicted molar refractivity (Wildman–Crippen MR) is 108 cm³/mol. The van der Waals surface area contributed by atoms with Gasteiger partial charge in [0.15, 0.2) is 0 Å². The first-order valence-corrected chi connectivity index (χ1v) is 10.3. The van der Waals surface area contributed by atoms with Crippen molar-refractivity contribution in [2.75, 3.05) is 24.5 Å². The lowest BCUT2D eigenvalue weighted by atomic mass is 9.73. The Hall–Kier alpha value is -2.93. The molecular formula is C22H23N5O2. The summed E-state index contributed by atoms with van der Waals surface area (Å²) in [5.41, 5.74) is 1.15. The quantitative estimate of drug-likeness (QED) is 0.740. The molecule has 3 aromatic heterocycles. The minimum Gasteiger partial charge on any atom is -0.369 e. The summed E-state index contributed by atoms with van der Waals surface area (Å²) in [4.78, 5) is 24.0. The van der Waals surface area contributed by atoms with Gasteiger partial charge in [0.1, 0.15) is 17.2 Å². The van der Waals surface area contributed by atoms with E-state index in [-0.39, 0.29) is 17.6 Å². The second-order valence-corrected chi connectivity index (χ2v) is 8.40. The van der Waals surface area contributed by atoms with Crippen molar-refractivity contribution in [3.8, 4) is 0 Å². The molecule has 4 atom stereocenters. The zero-order valence-corrected chi connectivity index (χ0v) is 16.1. The molecule has 3 saturated heterocycles. The maximum atomic E-state index is 12.7. The van der Waals surface area contributed by atoms with Crippen molar-refractivity contribution in [1.82, 2.24) is 19.7 Å². The summed E-state index contributed by atoms with van der Waals surface area (Å²) in [5.74, 6) is 1.64. The first kappa shape index (κ1) is 17.0. The van der Waals surface area contributed by atoms with E-state index in [2.05, 4.69) is 26.3 Å². The van der Waals surface area contributed by atoms with Gasteiger partial charge in [-0.3, -0.25) is 4.79 Å². The molecule has 148 valence electrons. The van der Waals surface area contributed by atoms with Crippen molar-refractivity contribution < 1.29 is 9.53 Å². The van der Waals surface area contributed by atoms with Crippen LogP contribution in [0.5, 0.6) is 0 Å². The van der Waals surface area contributed by atoms with E-state index in [0.717, 1.165) is 37.4 Å². The van der Waals surface area contributed by atoms with Crippen LogP contribution in [0.15, 0.2) is 55.0 Å². The monoisotopic (exact) mass is 389 g/mol. The third kappa shape index (κ3) is 2.64. The van der Waals surface area contributed by atoms with Gasteiger partial charge in [-0.05, 0) is 37.1 Å². The standard InChI is InChI=1S/C22H23N5O2/c28-21(17-13-26-10-4-2-6-20(26)25-17)24-11-15-16-12-27(19-5-1-3-9-23-19)14-22(16)8-7-18(15)29-22/h1-6,9-10,13,15-16,18H,7-8,11-12,14H2,(H,24,28)/t15-,16+,18+,22+/m0/s1. The van der Waals surface area contributed by atoms with Crippen LogP contribution in [0, 0.1) is 11.8 Å². The third-order valence-electron chi connectivity index (χ3n) is 6.85. The van der Waals surface area contributed by atoms with Crippen LogP contribution in [-0.4, -0.2) is 51.6 Å². The van der Waals surface area contributed by atoms with Gasteiger partial charge < -0.3 is 19.4 Å². The van der Waals surface area contributed by atoms with Gasteiger partial charge in [0.05, 0.1) is 11.7 Å². The van der Waals surface area contributed by atoms with E-state index in [0.29, 0.717) is 24.1 Å². The molecular weight excluding hydrogens is 366 g/mol. The number of anilines is 1. The van der Waals surface area contributed by atoms with Crippen LogP contribution in [0.2, 0.25) is 0 Å². The van der Waals surface area contributed by atoms with E-state index in [1.165, 1.54) is 0 Å². The Bertz CT molecular complexity index is 1030. The Morgan fingerprint density at radius 3 is 3.07 bits per heavy atom. The van der Waals surface area contributed by atoms with E-state index in [1.807, 2.05) is 47.1 Å². The summed E-state index contributed by atoms with van der Waals surface area (Å²) in [6, 6.07) is 11.8. The number of aromatic nitrogens is 3. The molecule has 2 bridgehead atoms. The molecule has 1 N–H and O–H groups in total. The van der Waals surface area contributed by atoms with Crippen LogP contribution < -0.4 is 10.2 Å². The minimum absolute atomic E-state index is 0.0827. The largest absolute Gasteiger partial charge is 0.369 e. The lowest BCUT2D eigenvalue weighted by Crippen LogP contribution is -2.42. The lowest BCUT2D eigenvalue weighted by Gasteiger charge is -2.29. The summed E-state index contributed by atoms with van der Waals surface area (Å²) < 4.78 is 8.36. The number of amides is 1. The molecule has 6 rings (SSSR count). The zero-order chi connectivity index (χ0) is 19.4. The summed E-state index contributed by atoms with van der Waals surface area (Å²) in [6.45, 7) is 2.45.